The number of hydrogen-bond donors (Lipinski definition) is 1. The van der Waals surface area contributed by atoms with Gasteiger partial charge in [-0.1, -0.05) is 12.1 Å². The standard InChI is InChI=1S/C16H23NO2S/c1-12(17-20(18)16(2,3)4)5-6-13-7-8-14-9-10-19-15(14)11-13/h7-12,17H,5-6H2,1-4H3/t12-,20?/m1/s1. The van der Waals surface area contributed by atoms with Crippen LogP contribution in [-0.4, -0.2) is 15.0 Å². The van der Waals surface area contributed by atoms with E-state index in [4.69, 9.17) is 4.42 Å². The summed E-state index contributed by atoms with van der Waals surface area (Å²) in [4.78, 5) is 0. The molecule has 0 bridgehead atoms. The van der Waals surface area contributed by atoms with Crippen molar-refractivity contribution in [3.05, 3.63) is 36.1 Å². The van der Waals surface area contributed by atoms with Gasteiger partial charge in [0.15, 0.2) is 0 Å². The fraction of sp³-hybridized carbons (Fsp3) is 0.500. The molecule has 0 spiro atoms. The van der Waals surface area contributed by atoms with Gasteiger partial charge in [0.05, 0.1) is 22.0 Å². The minimum atomic E-state index is -1.01. The van der Waals surface area contributed by atoms with E-state index >= 15 is 0 Å². The van der Waals surface area contributed by atoms with Crippen LogP contribution < -0.4 is 4.72 Å². The molecule has 0 amide bonds. The number of benzene rings is 1. The van der Waals surface area contributed by atoms with E-state index in [0.717, 1.165) is 23.8 Å². The smallest absolute Gasteiger partial charge is 0.134 e. The number of nitrogens with one attached hydrogen (secondary N) is 1. The molecular formula is C16H23NO2S. The lowest BCUT2D eigenvalue weighted by molar-refractivity contribution is 0.580. The molecule has 1 heterocycles. The van der Waals surface area contributed by atoms with Crippen molar-refractivity contribution in [2.24, 2.45) is 0 Å². The summed E-state index contributed by atoms with van der Waals surface area (Å²) in [6, 6.07) is 8.49. The average molecular weight is 293 g/mol. The monoisotopic (exact) mass is 293 g/mol. The molecule has 1 aromatic heterocycles. The maximum Gasteiger partial charge on any atom is 0.134 e. The summed E-state index contributed by atoms with van der Waals surface area (Å²) in [6.45, 7) is 8.02. The maximum absolute atomic E-state index is 12.0. The zero-order chi connectivity index (χ0) is 14.8. The van der Waals surface area contributed by atoms with Gasteiger partial charge in [0, 0.05) is 11.4 Å². The molecule has 1 aromatic carbocycles. The maximum atomic E-state index is 12.0. The van der Waals surface area contributed by atoms with Crippen LogP contribution in [0.15, 0.2) is 34.9 Å². The molecule has 0 aliphatic rings. The van der Waals surface area contributed by atoms with E-state index in [1.807, 2.05) is 26.8 Å². The highest BCUT2D eigenvalue weighted by Crippen LogP contribution is 2.18. The van der Waals surface area contributed by atoms with Gasteiger partial charge in [0.2, 0.25) is 0 Å². The van der Waals surface area contributed by atoms with Gasteiger partial charge in [-0.3, -0.25) is 0 Å². The SMILES string of the molecule is C[C@H](CCc1ccc2ccoc2c1)NS(=O)C(C)(C)C. The largest absolute Gasteiger partial charge is 0.464 e. The second-order valence-electron chi connectivity index (χ2n) is 6.23. The molecule has 0 saturated heterocycles. The summed E-state index contributed by atoms with van der Waals surface area (Å²) >= 11 is 0. The average Bonchev–Trinajstić information content (AvgIpc) is 2.82. The molecule has 0 fully saturated rings. The van der Waals surface area contributed by atoms with Crippen LogP contribution in [0.3, 0.4) is 0 Å². The molecule has 0 radical (unpaired) electrons. The molecule has 2 aromatic rings. The molecule has 0 aliphatic carbocycles. The first-order valence-electron chi connectivity index (χ1n) is 7.00. The van der Waals surface area contributed by atoms with Crippen LogP contribution in [0, 0.1) is 0 Å². The van der Waals surface area contributed by atoms with Crippen molar-refractivity contribution in [2.75, 3.05) is 0 Å². The normalized spacial score (nSPS) is 15.4. The van der Waals surface area contributed by atoms with Crippen molar-refractivity contribution in [3.8, 4) is 0 Å². The second kappa shape index (κ2) is 6.10. The number of aryl methyl sites for hydroxylation is 1. The fourth-order valence-electron chi connectivity index (χ4n) is 1.96. The van der Waals surface area contributed by atoms with Crippen LogP contribution in [0.5, 0.6) is 0 Å². The summed E-state index contributed by atoms with van der Waals surface area (Å²) in [5.41, 5.74) is 2.18. The van der Waals surface area contributed by atoms with E-state index in [1.54, 1.807) is 6.26 Å². The lowest BCUT2D eigenvalue weighted by Crippen LogP contribution is -2.38. The van der Waals surface area contributed by atoms with Crippen molar-refractivity contribution in [2.45, 2.75) is 51.3 Å². The predicted molar refractivity (Wildman–Crippen MR) is 85.0 cm³/mol. The van der Waals surface area contributed by atoms with Gasteiger partial charge < -0.3 is 4.42 Å². The van der Waals surface area contributed by atoms with Crippen LogP contribution >= 0.6 is 0 Å². The first kappa shape index (κ1) is 15.3. The lowest BCUT2D eigenvalue weighted by Gasteiger charge is -2.21. The molecule has 1 unspecified atom stereocenters. The van der Waals surface area contributed by atoms with Crippen molar-refractivity contribution in [1.82, 2.24) is 4.72 Å². The van der Waals surface area contributed by atoms with E-state index in [0.29, 0.717) is 0 Å². The summed E-state index contributed by atoms with van der Waals surface area (Å²) < 4.78 is 20.4. The zero-order valence-corrected chi connectivity index (χ0v) is 13.4. The van der Waals surface area contributed by atoms with E-state index in [9.17, 15) is 4.21 Å². The zero-order valence-electron chi connectivity index (χ0n) is 12.6. The summed E-state index contributed by atoms with van der Waals surface area (Å²) in [5.74, 6) is 0. The van der Waals surface area contributed by atoms with Gasteiger partial charge in [-0.15, -0.1) is 0 Å². The van der Waals surface area contributed by atoms with Crippen LogP contribution in [0.1, 0.15) is 39.7 Å². The molecule has 4 heteroatoms. The Bertz CT molecular complexity index is 598. The van der Waals surface area contributed by atoms with Crippen molar-refractivity contribution in [3.63, 3.8) is 0 Å². The molecule has 2 rings (SSSR count). The van der Waals surface area contributed by atoms with Crippen LogP contribution in [0.2, 0.25) is 0 Å². The van der Waals surface area contributed by atoms with Crippen molar-refractivity contribution >= 4 is 22.0 Å². The second-order valence-corrected chi connectivity index (χ2v) is 8.23. The van der Waals surface area contributed by atoms with Gasteiger partial charge in [-0.05, 0) is 58.2 Å². The van der Waals surface area contributed by atoms with E-state index in [1.165, 1.54) is 5.56 Å². The molecule has 0 aliphatic heterocycles. The Kier molecular flexibility index (Phi) is 4.66. The number of rotatable bonds is 5. The quantitative estimate of drug-likeness (QED) is 0.911. The Balaban J connectivity index is 1.89. The topological polar surface area (TPSA) is 42.2 Å². The number of furan rings is 1. The highest BCUT2D eigenvalue weighted by molar-refractivity contribution is 7.84. The number of fused-ring (bicyclic) bond motifs is 1. The third-order valence-corrected chi connectivity index (χ3v) is 4.98. The summed E-state index contributed by atoms with van der Waals surface area (Å²) in [5, 5.41) is 1.13. The fourth-order valence-corrected chi connectivity index (χ4v) is 2.79. The van der Waals surface area contributed by atoms with Crippen molar-refractivity contribution < 1.29 is 8.63 Å². The highest BCUT2D eigenvalue weighted by atomic mass is 32.2. The highest BCUT2D eigenvalue weighted by Gasteiger charge is 2.20. The van der Waals surface area contributed by atoms with E-state index in [2.05, 4.69) is 29.8 Å². The number of hydrogen-bond acceptors (Lipinski definition) is 2. The molecular weight excluding hydrogens is 270 g/mol. The first-order valence-corrected chi connectivity index (χ1v) is 8.15. The van der Waals surface area contributed by atoms with Crippen LogP contribution in [-0.2, 0) is 17.4 Å². The molecule has 3 nitrogen and oxygen atoms in total. The minimum absolute atomic E-state index is 0.221. The first-order chi connectivity index (χ1) is 9.36. The Morgan fingerprint density at radius 1 is 1.30 bits per heavy atom. The van der Waals surface area contributed by atoms with Gasteiger partial charge in [-0.2, -0.15) is 0 Å². The Morgan fingerprint density at radius 3 is 2.75 bits per heavy atom. The lowest BCUT2D eigenvalue weighted by atomic mass is 10.1. The summed E-state index contributed by atoms with van der Waals surface area (Å²) in [6.07, 6.45) is 3.62. The van der Waals surface area contributed by atoms with Crippen LogP contribution in [0.25, 0.3) is 11.0 Å². The Hall–Kier alpha value is -1.13. The minimum Gasteiger partial charge on any atom is -0.464 e. The van der Waals surface area contributed by atoms with Gasteiger partial charge in [0.1, 0.15) is 5.58 Å². The van der Waals surface area contributed by atoms with Crippen molar-refractivity contribution in [1.29, 1.82) is 0 Å². The third kappa shape index (κ3) is 3.93. The van der Waals surface area contributed by atoms with Gasteiger partial charge >= 0.3 is 0 Å². The van der Waals surface area contributed by atoms with Gasteiger partial charge in [-0.25, -0.2) is 8.93 Å². The Labute approximate surface area is 123 Å². The Morgan fingerprint density at radius 2 is 2.05 bits per heavy atom. The third-order valence-electron chi connectivity index (χ3n) is 3.25. The van der Waals surface area contributed by atoms with Gasteiger partial charge in [0.25, 0.3) is 0 Å². The molecule has 0 saturated carbocycles. The van der Waals surface area contributed by atoms with E-state index in [-0.39, 0.29) is 10.8 Å². The molecule has 20 heavy (non-hydrogen) atoms. The molecule has 1 N–H and O–H groups in total. The predicted octanol–water partition coefficient (Wildman–Crippen LogP) is 3.81. The summed E-state index contributed by atoms with van der Waals surface area (Å²) in [7, 11) is -1.01. The van der Waals surface area contributed by atoms with E-state index < -0.39 is 11.0 Å². The molecule has 2 atom stereocenters. The van der Waals surface area contributed by atoms with Crippen LogP contribution in [0.4, 0.5) is 0 Å². The molecule has 110 valence electrons.